The van der Waals surface area contributed by atoms with E-state index in [-0.39, 0.29) is 6.71 Å². The average Bonchev–Trinajstić information content (AvgIpc) is 3.72. The first kappa shape index (κ1) is 37.8. The number of hydrogen-bond donors (Lipinski definition) is 0. The summed E-state index contributed by atoms with van der Waals surface area (Å²) in [6, 6.07) is 85.8. The molecule has 0 unspecified atom stereocenters. The molecule has 3 heterocycles. The molecule has 5 nitrogen and oxygen atoms in total. The summed E-state index contributed by atoms with van der Waals surface area (Å²) < 4.78 is 17.0. The molecule has 6 heteroatoms. The molecule has 0 atom stereocenters. The number of ether oxygens (including phenoxy) is 2. The van der Waals surface area contributed by atoms with E-state index >= 15 is 0 Å². The fourth-order valence-electron chi connectivity index (χ4n) is 10.1. The number of rotatable bonds is 8. The van der Waals surface area contributed by atoms with Crippen LogP contribution in [0.25, 0.3) is 38.6 Å². The maximum Gasteiger partial charge on any atom is 0.260 e. The second-order valence-electron chi connectivity index (χ2n) is 16.9. The van der Waals surface area contributed by atoms with Gasteiger partial charge in [0.2, 0.25) is 0 Å². The Morgan fingerprint density at radius 1 is 0.348 bits per heavy atom. The third-order valence-corrected chi connectivity index (χ3v) is 13.1. The predicted molar refractivity (Wildman–Crippen MR) is 273 cm³/mol. The summed E-state index contributed by atoms with van der Waals surface area (Å²) in [7, 11) is 0. The summed E-state index contributed by atoms with van der Waals surface area (Å²) >= 11 is 0. The van der Waals surface area contributed by atoms with E-state index in [0.717, 1.165) is 101 Å². The molecule has 0 saturated carbocycles. The van der Waals surface area contributed by atoms with E-state index in [1.165, 1.54) is 11.1 Å². The lowest BCUT2D eigenvalue weighted by atomic mass is 9.34. The standard InChI is InChI=1S/C60H40BN3O2/c1-6-18-41(19-7-1)42-30-32-47(33-31-42)64-54-29-17-16-28-50(54)51-40-57-58-60(59(51)64)66-56-39-49(63(45-24-12-4-13-25-45)46-26-14-5-15-27-46)35-37-53(56)61(58)52-36-34-48(38-55(52)65-57)62(43-20-8-2-9-21-43)44-22-10-3-11-23-44/h1-40H. The molecule has 0 fully saturated rings. The van der Waals surface area contributed by atoms with Crippen LogP contribution in [0.2, 0.25) is 0 Å². The van der Waals surface area contributed by atoms with Gasteiger partial charge in [0.15, 0.2) is 5.75 Å². The molecule has 2 aliphatic heterocycles. The van der Waals surface area contributed by atoms with E-state index in [9.17, 15) is 0 Å². The van der Waals surface area contributed by atoms with E-state index in [1.54, 1.807) is 0 Å². The molecule has 11 aromatic rings. The van der Waals surface area contributed by atoms with Gasteiger partial charge in [0, 0.05) is 68.2 Å². The molecular formula is C60H40BN3O2. The van der Waals surface area contributed by atoms with Crippen molar-refractivity contribution in [1.82, 2.24) is 4.57 Å². The smallest absolute Gasteiger partial charge is 0.260 e. The van der Waals surface area contributed by atoms with Gasteiger partial charge in [-0.15, -0.1) is 0 Å². The highest BCUT2D eigenvalue weighted by molar-refractivity contribution is 6.98. The third-order valence-electron chi connectivity index (χ3n) is 13.1. The lowest BCUT2D eigenvalue weighted by molar-refractivity contribution is 0.468. The van der Waals surface area contributed by atoms with Crippen molar-refractivity contribution in [1.29, 1.82) is 0 Å². The van der Waals surface area contributed by atoms with Gasteiger partial charge >= 0.3 is 0 Å². The minimum atomic E-state index is -0.175. The van der Waals surface area contributed by atoms with Gasteiger partial charge in [-0.05, 0) is 107 Å². The van der Waals surface area contributed by atoms with Crippen LogP contribution in [0.4, 0.5) is 34.1 Å². The van der Waals surface area contributed by atoms with Crippen molar-refractivity contribution < 1.29 is 9.47 Å². The zero-order valence-electron chi connectivity index (χ0n) is 35.8. The molecule has 0 aliphatic carbocycles. The molecule has 0 saturated heterocycles. The van der Waals surface area contributed by atoms with Gasteiger partial charge < -0.3 is 23.8 Å². The molecule has 66 heavy (non-hydrogen) atoms. The Morgan fingerprint density at radius 2 is 0.803 bits per heavy atom. The van der Waals surface area contributed by atoms with Crippen LogP contribution in [0.1, 0.15) is 0 Å². The van der Waals surface area contributed by atoms with Crippen LogP contribution in [-0.2, 0) is 0 Å². The molecule has 0 bridgehead atoms. The Morgan fingerprint density at radius 3 is 1.33 bits per heavy atom. The minimum Gasteiger partial charge on any atom is -0.458 e. The second-order valence-corrected chi connectivity index (χ2v) is 16.9. The van der Waals surface area contributed by atoms with E-state index in [2.05, 4.69) is 257 Å². The lowest BCUT2D eigenvalue weighted by Gasteiger charge is -2.35. The Bertz CT molecular complexity index is 3490. The molecular weight excluding hydrogens is 805 g/mol. The maximum atomic E-state index is 7.44. The van der Waals surface area contributed by atoms with Crippen LogP contribution in [0, 0.1) is 0 Å². The Kier molecular flexibility index (Phi) is 8.88. The first-order valence-electron chi connectivity index (χ1n) is 22.5. The van der Waals surface area contributed by atoms with Crippen LogP contribution >= 0.6 is 0 Å². The summed E-state index contributed by atoms with van der Waals surface area (Å²) in [5, 5.41) is 2.19. The van der Waals surface area contributed by atoms with Crippen molar-refractivity contribution in [2.24, 2.45) is 0 Å². The van der Waals surface area contributed by atoms with Crippen molar-refractivity contribution >= 4 is 79.0 Å². The largest absolute Gasteiger partial charge is 0.458 e. The Labute approximate surface area is 383 Å². The SMILES string of the molecule is c1ccc(-c2ccc(-n3c4ccccc4c4cc5c6c(c43)Oc3cc(N(c4ccccc4)c4ccccc4)ccc3B6c3ccc(N(c4ccccc4)c4ccccc4)cc3O5)cc2)cc1. The first-order valence-corrected chi connectivity index (χ1v) is 22.5. The van der Waals surface area contributed by atoms with Crippen LogP contribution in [0.15, 0.2) is 243 Å². The zero-order chi connectivity index (χ0) is 43.6. The lowest BCUT2D eigenvalue weighted by Crippen LogP contribution is -2.57. The molecule has 2 aliphatic rings. The topological polar surface area (TPSA) is 29.9 Å². The first-order chi connectivity index (χ1) is 32.7. The van der Waals surface area contributed by atoms with E-state index < -0.39 is 0 Å². The fraction of sp³-hybridized carbons (Fsp3) is 0. The molecule has 310 valence electrons. The van der Waals surface area contributed by atoms with Crippen molar-refractivity contribution in [3.8, 4) is 39.8 Å². The van der Waals surface area contributed by atoms with Gasteiger partial charge in [-0.25, -0.2) is 0 Å². The summed E-state index contributed by atoms with van der Waals surface area (Å²) in [5.74, 6) is 3.23. The number of anilines is 6. The molecule has 10 aromatic carbocycles. The summed E-state index contributed by atoms with van der Waals surface area (Å²) in [5.41, 5.74) is 15.0. The summed E-state index contributed by atoms with van der Waals surface area (Å²) in [6.45, 7) is -0.175. The molecule has 1 aromatic heterocycles. The van der Waals surface area contributed by atoms with Gasteiger partial charge in [0.05, 0.1) is 11.0 Å². The van der Waals surface area contributed by atoms with Crippen molar-refractivity contribution in [3.05, 3.63) is 243 Å². The highest BCUT2D eigenvalue weighted by Gasteiger charge is 2.43. The normalized spacial score (nSPS) is 12.2. The Balaban J connectivity index is 1.05. The van der Waals surface area contributed by atoms with Crippen LogP contribution in [-0.4, -0.2) is 11.3 Å². The van der Waals surface area contributed by atoms with Crippen LogP contribution in [0.5, 0.6) is 23.0 Å². The Hall–Kier alpha value is -8.74. The second kappa shape index (κ2) is 15.5. The average molecular weight is 846 g/mol. The van der Waals surface area contributed by atoms with Gasteiger partial charge in [-0.2, -0.15) is 0 Å². The quantitative estimate of drug-likeness (QED) is 0.143. The third kappa shape index (κ3) is 6.18. The number of aromatic nitrogens is 1. The van der Waals surface area contributed by atoms with Gasteiger partial charge in [-0.1, -0.05) is 146 Å². The number of benzene rings is 10. The number of hydrogen-bond acceptors (Lipinski definition) is 4. The molecule has 0 spiro atoms. The van der Waals surface area contributed by atoms with Crippen LogP contribution in [0.3, 0.4) is 0 Å². The van der Waals surface area contributed by atoms with Crippen molar-refractivity contribution in [2.75, 3.05) is 9.80 Å². The molecule has 0 N–H and O–H groups in total. The molecule has 0 radical (unpaired) electrons. The molecule has 0 amide bonds. The van der Waals surface area contributed by atoms with Crippen molar-refractivity contribution in [2.45, 2.75) is 0 Å². The minimum absolute atomic E-state index is 0.175. The van der Waals surface area contributed by atoms with Gasteiger partial charge in [0.25, 0.3) is 6.71 Å². The van der Waals surface area contributed by atoms with E-state index in [1.807, 2.05) is 0 Å². The monoisotopic (exact) mass is 845 g/mol. The number of nitrogens with zero attached hydrogens (tertiary/aromatic N) is 3. The van der Waals surface area contributed by atoms with Gasteiger partial charge in [-0.3, -0.25) is 0 Å². The van der Waals surface area contributed by atoms with Crippen LogP contribution < -0.4 is 35.7 Å². The summed E-state index contributed by atoms with van der Waals surface area (Å²) in [4.78, 5) is 4.58. The summed E-state index contributed by atoms with van der Waals surface area (Å²) in [6.07, 6.45) is 0. The maximum absolute atomic E-state index is 7.44. The zero-order valence-corrected chi connectivity index (χ0v) is 35.8. The fourth-order valence-corrected chi connectivity index (χ4v) is 10.1. The highest BCUT2D eigenvalue weighted by atomic mass is 16.5. The number of para-hydroxylation sites is 5. The predicted octanol–water partition coefficient (Wildman–Crippen LogP) is 14.1. The molecule has 13 rings (SSSR count). The number of fused-ring (bicyclic) bond motifs is 8. The van der Waals surface area contributed by atoms with Crippen molar-refractivity contribution in [3.63, 3.8) is 0 Å². The highest BCUT2D eigenvalue weighted by Crippen LogP contribution is 2.47. The van der Waals surface area contributed by atoms with E-state index in [4.69, 9.17) is 9.47 Å². The van der Waals surface area contributed by atoms with E-state index in [0.29, 0.717) is 0 Å². The van der Waals surface area contributed by atoms with Gasteiger partial charge in [0.1, 0.15) is 17.2 Å².